The van der Waals surface area contributed by atoms with Crippen LogP contribution in [0.3, 0.4) is 0 Å². The highest BCUT2D eigenvalue weighted by molar-refractivity contribution is 6.11. The average Bonchev–Trinajstić information content (AvgIpc) is 2.78. The van der Waals surface area contributed by atoms with Crippen LogP contribution >= 0.6 is 0 Å². The molecule has 82 valence electrons. The maximum atomic E-state index is 12.0. The van der Waals surface area contributed by atoms with E-state index < -0.39 is 11.9 Å². The fraction of sp³-hybridized carbons (Fsp3) is 0.231. The minimum absolute atomic E-state index is 0.162. The van der Waals surface area contributed by atoms with Crippen LogP contribution in [0.4, 0.5) is 0 Å². The molecule has 0 saturated heterocycles. The van der Waals surface area contributed by atoms with E-state index in [-0.39, 0.29) is 5.78 Å². The number of Topliss-reactive ketones (excluding diaryl/α,β-unsaturated/α-hetero) is 1. The third-order valence-electron chi connectivity index (χ3n) is 2.79. The summed E-state index contributed by atoms with van der Waals surface area (Å²) in [6, 6.07) is 8.80. The Balaban J connectivity index is 2.26. The summed E-state index contributed by atoms with van der Waals surface area (Å²) in [5.74, 6) is -1.70. The highest BCUT2D eigenvalue weighted by Crippen LogP contribution is 2.28. The Bertz CT molecular complexity index is 446. The van der Waals surface area contributed by atoms with E-state index in [2.05, 4.69) is 0 Å². The molecule has 3 nitrogen and oxygen atoms in total. The molecule has 0 spiro atoms. The molecule has 16 heavy (non-hydrogen) atoms. The molecular formula is C13H12O3. The molecule has 0 saturated carbocycles. The first-order chi connectivity index (χ1) is 7.70. The lowest BCUT2D eigenvalue weighted by molar-refractivity contribution is -0.140. The second kappa shape index (κ2) is 4.31. The summed E-state index contributed by atoms with van der Waals surface area (Å²) >= 11 is 0. The molecule has 1 N–H and O–H groups in total. The number of hydrogen-bond donors (Lipinski definition) is 1. The topological polar surface area (TPSA) is 54.4 Å². The van der Waals surface area contributed by atoms with Crippen LogP contribution in [0.2, 0.25) is 0 Å². The molecule has 1 atom stereocenters. The first-order valence-corrected chi connectivity index (χ1v) is 5.23. The Morgan fingerprint density at radius 1 is 1.19 bits per heavy atom. The van der Waals surface area contributed by atoms with Gasteiger partial charge in [0.05, 0.1) is 5.92 Å². The number of benzene rings is 1. The summed E-state index contributed by atoms with van der Waals surface area (Å²) in [6.45, 7) is 0. The standard InChI is InChI=1S/C13H12O3/c14-12(9-5-2-1-3-6-9)10-7-4-8-11(10)13(15)16/h1-3,5-7,11H,4,8H2,(H,15,16). The van der Waals surface area contributed by atoms with Crippen molar-refractivity contribution in [2.45, 2.75) is 12.8 Å². The van der Waals surface area contributed by atoms with Crippen molar-refractivity contribution in [2.24, 2.45) is 5.92 Å². The average molecular weight is 216 g/mol. The number of carboxylic acid groups (broad SMARTS) is 1. The van der Waals surface area contributed by atoms with Gasteiger partial charge in [0.2, 0.25) is 0 Å². The van der Waals surface area contributed by atoms with E-state index in [1.807, 2.05) is 6.07 Å². The fourth-order valence-corrected chi connectivity index (χ4v) is 1.97. The van der Waals surface area contributed by atoms with Gasteiger partial charge < -0.3 is 5.11 Å². The van der Waals surface area contributed by atoms with Crippen molar-refractivity contribution in [1.82, 2.24) is 0 Å². The number of carboxylic acids is 1. The maximum Gasteiger partial charge on any atom is 0.311 e. The minimum Gasteiger partial charge on any atom is -0.481 e. The summed E-state index contributed by atoms with van der Waals surface area (Å²) in [4.78, 5) is 23.0. The summed E-state index contributed by atoms with van der Waals surface area (Å²) < 4.78 is 0. The van der Waals surface area contributed by atoms with E-state index in [0.717, 1.165) is 0 Å². The van der Waals surface area contributed by atoms with Crippen molar-refractivity contribution in [3.05, 3.63) is 47.5 Å². The molecule has 0 fully saturated rings. The van der Waals surface area contributed by atoms with Crippen LogP contribution in [-0.2, 0) is 4.79 Å². The smallest absolute Gasteiger partial charge is 0.311 e. The second-order valence-corrected chi connectivity index (χ2v) is 3.82. The SMILES string of the molecule is O=C(C1=CCCC1C(=O)O)c1ccccc1. The number of aliphatic carboxylic acids is 1. The Hall–Kier alpha value is -1.90. The van der Waals surface area contributed by atoms with Gasteiger partial charge in [-0.15, -0.1) is 0 Å². The van der Waals surface area contributed by atoms with Crippen molar-refractivity contribution < 1.29 is 14.7 Å². The highest BCUT2D eigenvalue weighted by Gasteiger charge is 2.30. The maximum absolute atomic E-state index is 12.0. The molecule has 3 heteroatoms. The molecule has 1 aliphatic carbocycles. The molecule has 0 amide bonds. The summed E-state index contributed by atoms with van der Waals surface area (Å²) in [7, 11) is 0. The number of carbonyl (C=O) groups is 2. The van der Waals surface area contributed by atoms with Gasteiger partial charge in [0.25, 0.3) is 0 Å². The molecule has 0 aromatic heterocycles. The van der Waals surface area contributed by atoms with Gasteiger partial charge in [0.15, 0.2) is 5.78 Å². The Morgan fingerprint density at radius 3 is 2.50 bits per heavy atom. The Labute approximate surface area is 93.4 Å². The monoisotopic (exact) mass is 216 g/mol. The Kier molecular flexibility index (Phi) is 2.86. The molecule has 0 heterocycles. The van der Waals surface area contributed by atoms with Crippen LogP contribution in [-0.4, -0.2) is 16.9 Å². The first-order valence-electron chi connectivity index (χ1n) is 5.23. The largest absolute Gasteiger partial charge is 0.481 e. The van der Waals surface area contributed by atoms with E-state index in [9.17, 15) is 9.59 Å². The number of ketones is 1. The van der Waals surface area contributed by atoms with Crippen LogP contribution in [0.15, 0.2) is 42.0 Å². The van der Waals surface area contributed by atoms with Gasteiger partial charge >= 0.3 is 5.97 Å². The van der Waals surface area contributed by atoms with E-state index in [4.69, 9.17) is 5.11 Å². The molecule has 0 radical (unpaired) electrons. The zero-order chi connectivity index (χ0) is 11.5. The molecule has 1 aromatic rings. The molecule has 0 aliphatic heterocycles. The lowest BCUT2D eigenvalue weighted by atomic mass is 9.94. The van der Waals surface area contributed by atoms with E-state index in [1.165, 1.54) is 0 Å². The third-order valence-corrected chi connectivity index (χ3v) is 2.79. The number of allylic oxidation sites excluding steroid dienone is 1. The zero-order valence-corrected chi connectivity index (χ0v) is 8.72. The molecule has 0 bridgehead atoms. The zero-order valence-electron chi connectivity index (χ0n) is 8.72. The van der Waals surface area contributed by atoms with E-state index in [0.29, 0.717) is 24.0 Å². The van der Waals surface area contributed by atoms with Crippen LogP contribution < -0.4 is 0 Å². The third kappa shape index (κ3) is 1.89. The van der Waals surface area contributed by atoms with Crippen LogP contribution in [0.5, 0.6) is 0 Å². The predicted molar refractivity (Wildman–Crippen MR) is 59.2 cm³/mol. The summed E-state index contributed by atoms with van der Waals surface area (Å²) in [5.41, 5.74) is 0.987. The van der Waals surface area contributed by atoms with Crippen LogP contribution in [0.1, 0.15) is 23.2 Å². The normalized spacial score (nSPS) is 19.2. The molecule has 1 aromatic carbocycles. The van der Waals surface area contributed by atoms with Gasteiger partial charge in [0, 0.05) is 11.1 Å². The lowest BCUT2D eigenvalue weighted by Crippen LogP contribution is -2.18. The molecular weight excluding hydrogens is 204 g/mol. The van der Waals surface area contributed by atoms with Crippen LogP contribution in [0.25, 0.3) is 0 Å². The second-order valence-electron chi connectivity index (χ2n) is 3.82. The molecule has 2 rings (SSSR count). The fourth-order valence-electron chi connectivity index (χ4n) is 1.97. The van der Waals surface area contributed by atoms with Gasteiger partial charge in [-0.05, 0) is 12.8 Å². The van der Waals surface area contributed by atoms with Crippen molar-refractivity contribution in [1.29, 1.82) is 0 Å². The van der Waals surface area contributed by atoms with Gasteiger partial charge in [-0.2, -0.15) is 0 Å². The van der Waals surface area contributed by atoms with Crippen molar-refractivity contribution in [3.63, 3.8) is 0 Å². The first kappa shape index (κ1) is 10.6. The lowest BCUT2D eigenvalue weighted by Gasteiger charge is -2.08. The summed E-state index contributed by atoms with van der Waals surface area (Å²) in [5, 5.41) is 8.99. The van der Waals surface area contributed by atoms with Crippen molar-refractivity contribution in [2.75, 3.05) is 0 Å². The minimum atomic E-state index is -0.909. The van der Waals surface area contributed by atoms with Gasteiger partial charge in [-0.25, -0.2) is 0 Å². The number of hydrogen-bond acceptors (Lipinski definition) is 2. The number of rotatable bonds is 3. The quantitative estimate of drug-likeness (QED) is 0.788. The molecule has 1 unspecified atom stereocenters. The highest BCUT2D eigenvalue weighted by atomic mass is 16.4. The van der Waals surface area contributed by atoms with E-state index in [1.54, 1.807) is 30.3 Å². The van der Waals surface area contributed by atoms with Gasteiger partial charge in [0.1, 0.15) is 0 Å². The van der Waals surface area contributed by atoms with Crippen molar-refractivity contribution >= 4 is 11.8 Å². The number of carbonyl (C=O) groups excluding carboxylic acids is 1. The van der Waals surface area contributed by atoms with Crippen molar-refractivity contribution in [3.8, 4) is 0 Å². The predicted octanol–water partition coefficient (Wildman–Crippen LogP) is 2.29. The van der Waals surface area contributed by atoms with Crippen LogP contribution in [0, 0.1) is 5.92 Å². The van der Waals surface area contributed by atoms with E-state index >= 15 is 0 Å². The molecule has 1 aliphatic rings. The Morgan fingerprint density at radius 2 is 1.88 bits per heavy atom. The van der Waals surface area contributed by atoms with Gasteiger partial charge in [-0.3, -0.25) is 9.59 Å². The summed E-state index contributed by atoms with van der Waals surface area (Å²) in [6.07, 6.45) is 2.95. The van der Waals surface area contributed by atoms with Gasteiger partial charge in [-0.1, -0.05) is 36.4 Å².